The summed E-state index contributed by atoms with van der Waals surface area (Å²) >= 11 is 12.3. The summed E-state index contributed by atoms with van der Waals surface area (Å²) in [7, 11) is -4.12. The van der Waals surface area contributed by atoms with Crippen LogP contribution in [0.3, 0.4) is 0 Å². The van der Waals surface area contributed by atoms with Gasteiger partial charge in [0.1, 0.15) is 4.90 Å². The number of aromatic nitrogens is 2. The monoisotopic (exact) mass is 586 g/mol. The first-order chi connectivity index (χ1) is 18.6. The lowest BCUT2D eigenvalue weighted by Gasteiger charge is -2.22. The van der Waals surface area contributed by atoms with Crippen molar-refractivity contribution in [3.63, 3.8) is 0 Å². The average Bonchev–Trinajstić information content (AvgIpc) is 3.38. The molecule has 11 heteroatoms. The lowest BCUT2D eigenvalue weighted by Crippen LogP contribution is -2.39. The van der Waals surface area contributed by atoms with Gasteiger partial charge in [0.15, 0.2) is 5.82 Å². The second kappa shape index (κ2) is 12.7. The van der Waals surface area contributed by atoms with Crippen LogP contribution in [0.2, 0.25) is 10.0 Å². The summed E-state index contributed by atoms with van der Waals surface area (Å²) in [5.41, 5.74) is 2.40. The molecule has 3 aromatic carbocycles. The number of carbonyl (C=O) groups is 1. The fraction of sp³-hybridized carbons (Fsp3) is 0.250. The Labute approximate surface area is 238 Å². The summed E-state index contributed by atoms with van der Waals surface area (Å²) in [4.78, 5) is 17.2. The molecule has 1 N–H and O–H groups in total. The molecule has 0 radical (unpaired) electrons. The van der Waals surface area contributed by atoms with E-state index in [1.807, 2.05) is 56.3 Å². The Hall–Kier alpha value is -3.24. The summed E-state index contributed by atoms with van der Waals surface area (Å²) in [5.74, 6) is 0.821. The van der Waals surface area contributed by atoms with Gasteiger partial charge >= 0.3 is 0 Å². The van der Waals surface area contributed by atoms with E-state index in [-0.39, 0.29) is 27.4 Å². The van der Waals surface area contributed by atoms with Gasteiger partial charge in [-0.1, -0.05) is 84.7 Å². The van der Waals surface area contributed by atoms with E-state index < -0.39 is 22.5 Å². The zero-order valence-corrected chi connectivity index (χ0v) is 23.8. The normalized spacial score (nSPS) is 11.7. The first-order valence-electron chi connectivity index (χ1n) is 12.3. The molecule has 4 aromatic rings. The van der Waals surface area contributed by atoms with Crippen molar-refractivity contribution in [3.05, 3.63) is 106 Å². The molecule has 0 bridgehead atoms. The van der Waals surface area contributed by atoms with Gasteiger partial charge < -0.3 is 9.84 Å². The molecular formula is C28H28Cl2N4O4S. The van der Waals surface area contributed by atoms with Crippen molar-refractivity contribution < 1.29 is 17.7 Å². The molecule has 4 rings (SSSR count). The van der Waals surface area contributed by atoms with E-state index in [9.17, 15) is 13.2 Å². The standard InChI is InChI=1S/C28H28Cl2N4O4S/c1-19(2)28-32-26(33-38-28)16-21-8-11-23(12-9-21)31-27(35)18-34(15-14-20-6-4-3-5-7-20)39(36,37)25-17-22(29)10-13-24(25)30/h3-13,17,19H,14-16,18H2,1-2H3,(H,31,35). The number of carbonyl (C=O) groups excluding carboxylic acids is 1. The van der Waals surface area contributed by atoms with Crippen LogP contribution in [0.4, 0.5) is 5.69 Å². The van der Waals surface area contributed by atoms with E-state index in [4.69, 9.17) is 27.7 Å². The van der Waals surface area contributed by atoms with Crippen LogP contribution in [0.5, 0.6) is 0 Å². The molecule has 0 aliphatic rings. The van der Waals surface area contributed by atoms with Crippen molar-refractivity contribution in [2.24, 2.45) is 0 Å². The van der Waals surface area contributed by atoms with Crippen molar-refractivity contribution in [2.75, 3.05) is 18.4 Å². The zero-order chi connectivity index (χ0) is 28.0. The van der Waals surface area contributed by atoms with E-state index in [0.29, 0.717) is 30.2 Å². The van der Waals surface area contributed by atoms with Gasteiger partial charge in [-0.25, -0.2) is 8.42 Å². The molecule has 0 spiro atoms. The van der Waals surface area contributed by atoms with Crippen LogP contribution in [-0.4, -0.2) is 41.9 Å². The second-order valence-corrected chi connectivity index (χ2v) is 12.0. The number of anilines is 1. The molecule has 1 aromatic heterocycles. The molecule has 8 nitrogen and oxygen atoms in total. The van der Waals surface area contributed by atoms with Gasteiger partial charge in [0.25, 0.3) is 0 Å². The number of hydrogen-bond donors (Lipinski definition) is 1. The summed E-state index contributed by atoms with van der Waals surface area (Å²) < 4.78 is 33.5. The molecule has 1 heterocycles. The summed E-state index contributed by atoms with van der Waals surface area (Å²) in [6.07, 6.45) is 0.894. The maximum absolute atomic E-state index is 13.6. The lowest BCUT2D eigenvalue weighted by molar-refractivity contribution is -0.116. The summed E-state index contributed by atoms with van der Waals surface area (Å²) in [5, 5.41) is 7.03. The van der Waals surface area contributed by atoms with Crippen LogP contribution in [0.25, 0.3) is 0 Å². The fourth-order valence-electron chi connectivity index (χ4n) is 3.82. The van der Waals surface area contributed by atoms with Gasteiger partial charge in [-0.05, 0) is 47.9 Å². The van der Waals surface area contributed by atoms with Gasteiger partial charge in [0.2, 0.25) is 21.8 Å². The molecule has 1 amide bonds. The largest absolute Gasteiger partial charge is 0.339 e. The Morgan fingerprint density at radius 3 is 2.38 bits per heavy atom. The number of nitrogens with zero attached hydrogens (tertiary/aromatic N) is 3. The summed E-state index contributed by atoms with van der Waals surface area (Å²) in [6, 6.07) is 20.8. The van der Waals surface area contributed by atoms with Crippen molar-refractivity contribution in [2.45, 2.75) is 37.5 Å². The van der Waals surface area contributed by atoms with Gasteiger partial charge in [-0.15, -0.1) is 0 Å². The Kier molecular flexibility index (Phi) is 9.40. The fourth-order valence-corrected chi connectivity index (χ4v) is 5.95. The third-order valence-corrected chi connectivity index (χ3v) is 8.46. The van der Waals surface area contributed by atoms with Crippen LogP contribution in [0.1, 0.15) is 42.6 Å². The van der Waals surface area contributed by atoms with Gasteiger partial charge in [0.05, 0.1) is 11.6 Å². The van der Waals surface area contributed by atoms with Gasteiger partial charge in [-0.2, -0.15) is 9.29 Å². The van der Waals surface area contributed by atoms with E-state index in [1.165, 1.54) is 18.2 Å². The Bertz CT molecular complexity index is 1520. The molecule has 0 saturated heterocycles. The predicted molar refractivity (Wildman–Crippen MR) is 152 cm³/mol. The smallest absolute Gasteiger partial charge is 0.245 e. The van der Waals surface area contributed by atoms with Crippen LogP contribution in [-0.2, 0) is 27.7 Å². The number of halogens is 2. The van der Waals surface area contributed by atoms with Gasteiger partial charge in [0, 0.05) is 29.6 Å². The molecule has 0 saturated carbocycles. The van der Waals surface area contributed by atoms with Crippen molar-refractivity contribution in [1.29, 1.82) is 0 Å². The number of sulfonamides is 1. The van der Waals surface area contributed by atoms with E-state index in [1.54, 1.807) is 12.1 Å². The zero-order valence-electron chi connectivity index (χ0n) is 21.5. The molecule has 204 valence electrons. The minimum absolute atomic E-state index is 0.0298. The number of rotatable bonds is 11. The van der Waals surface area contributed by atoms with Gasteiger partial charge in [-0.3, -0.25) is 4.79 Å². The second-order valence-electron chi connectivity index (χ2n) is 9.27. The number of amides is 1. The number of benzene rings is 3. The van der Waals surface area contributed by atoms with Crippen LogP contribution >= 0.6 is 23.2 Å². The van der Waals surface area contributed by atoms with Crippen molar-refractivity contribution >= 4 is 44.8 Å². The predicted octanol–water partition coefficient (Wildman–Crippen LogP) is 5.96. The molecule has 0 aliphatic carbocycles. The SMILES string of the molecule is CC(C)c1nc(Cc2ccc(NC(=O)CN(CCc3ccccc3)S(=O)(=O)c3cc(Cl)ccc3Cl)cc2)no1. The highest BCUT2D eigenvalue weighted by molar-refractivity contribution is 7.89. The molecule has 39 heavy (non-hydrogen) atoms. The molecule has 0 aliphatic heterocycles. The average molecular weight is 588 g/mol. The highest BCUT2D eigenvalue weighted by atomic mass is 35.5. The minimum atomic E-state index is -4.12. The molecular weight excluding hydrogens is 559 g/mol. The Morgan fingerprint density at radius 1 is 1.00 bits per heavy atom. The van der Waals surface area contributed by atoms with Crippen LogP contribution < -0.4 is 5.32 Å². The number of nitrogens with one attached hydrogen (secondary N) is 1. The summed E-state index contributed by atoms with van der Waals surface area (Å²) in [6.45, 7) is 3.63. The Morgan fingerprint density at radius 2 is 1.72 bits per heavy atom. The molecule has 0 unspecified atom stereocenters. The van der Waals surface area contributed by atoms with Crippen molar-refractivity contribution in [1.82, 2.24) is 14.4 Å². The lowest BCUT2D eigenvalue weighted by atomic mass is 10.1. The first kappa shape index (κ1) is 28.8. The van der Waals surface area contributed by atoms with Crippen LogP contribution in [0, 0.1) is 0 Å². The molecule has 0 fully saturated rings. The number of hydrogen-bond acceptors (Lipinski definition) is 6. The maximum atomic E-state index is 13.6. The minimum Gasteiger partial charge on any atom is -0.339 e. The third-order valence-electron chi connectivity index (χ3n) is 5.90. The van der Waals surface area contributed by atoms with E-state index >= 15 is 0 Å². The Balaban J connectivity index is 1.47. The van der Waals surface area contributed by atoms with E-state index in [2.05, 4.69) is 15.5 Å². The highest BCUT2D eigenvalue weighted by Crippen LogP contribution is 2.28. The van der Waals surface area contributed by atoms with E-state index in [0.717, 1.165) is 15.4 Å². The van der Waals surface area contributed by atoms with Crippen molar-refractivity contribution in [3.8, 4) is 0 Å². The topological polar surface area (TPSA) is 105 Å². The quantitative estimate of drug-likeness (QED) is 0.232. The molecule has 0 atom stereocenters. The maximum Gasteiger partial charge on any atom is 0.245 e. The first-order valence-corrected chi connectivity index (χ1v) is 14.5. The van der Waals surface area contributed by atoms with Crippen LogP contribution in [0.15, 0.2) is 82.2 Å². The third kappa shape index (κ3) is 7.67. The highest BCUT2D eigenvalue weighted by Gasteiger charge is 2.29.